The number of nitrogens with zero attached hydrogens (tertiary/aromatic N) is 2. The lowest BCUT2D eigenvalue weighted by Gasteiger charge is -2.31. The summed E-state index contributed by atoms with van der Waals surface area (Å²) in [6.45, 7) is 0.750. The predicted octanol–water partition coefficient (Wildman–Crippen LogP) is 3.81. The molecule has 29 heavy (non-hydrogen) atoms. The molecule has 2 heterocycles. The van der Waals surface area contributed by atoms with Crippen molar-refractivity contribution in [3.8, 4) is 0 Å². The topological polar surface area (TPSA) is 57.7 Å². The molecular weight excluding hydrogens is 364 g/mol. The average Bonchev–Trinajstić information content (AvgIpc) is 2.76. The van der Waals surface area contributed by atoms with Crippen LogP contribution in [0.3, 0.4) is 0 Å². The van der Waals surface area contributed by atoms with Crippen molar-refractivity contribution in [3.05, 3.63) is 77.4 Å². The summed E-state index contributed by atoms with van der Waals surface area (Å²) in [4.78, 5) is 41.9. The maximum atomic E-state index is 13.0. The number of hydrogen-bond acceptors (Lipinski definition) is 3. The van der Waals surface area contributed by atoms with E-state index in [1.54, 1.807) is 17.0 Å². The average molecular weight is 384 g/mol. The highest BCUT2D eigenvalue weighted by molar-refractivity contribution is 6.25. The number of aryl methyl sites for hydroxylation is 1. The van der Waals surface area contributed by atoms with E-state index < -0.39 is 0 Å². The molecule has 3 amide bonds. The van der Waals surface area contributed by atoms with Crippen LogP contribution < -0.4 is 4.90 Å². The van der Waals surface area contributed by atoms with Crippen LogP contribution in [0.2, 0.25) is 0 Å². The number of imide groups is 1. The number of rotatable bonds is 3. The van der Waals surface area contributed by atoms with E-state index in [1.165, 1.54) is 4.90 Å². The van der Waals surface area contributed by atoms with E-state index in [0.29, 0.717) is 23.1 Å². The first-order valence-electron chi connectivity index (χ1n) is 9.91. The monoisotopic (exact) mass is 384 g/mol. The highest BCUT2D eigenvalue weighted by Crippen LogP contribution is 2.31. The Morgan fingerprint density at radius 3 is 2.28 bits per heavy atom. The van der Waals surface area contributed by atoms with Gasteiger partial charge in [-0.2, -0.15) is 0 Å². The zero-order valence-electron chi connectivity index (χ0n) is 15.9. The quantitative estimate of drug-likeness (QED) is 0.646. The summed E-state index contributed by atoms with van der Waals surface area (Å²) in [5.41, 5.74) is 3.15. The number of anilines is 1. The molecule has 0 N–H and O–H groups in total. The fourth-order valence-corrected chi connectivity index (χ4v) is 4.42. The third-order valence-corrected chi connectivity index (χ3v) is 5.82. The molecule has 2 aliphatic rings. The van der Waals surface area contributed by atoms with Crippen molar-refractivity contribution in [1.29, 1.82) is 0 Å². The molecule has 0 saturated carbocycles. The van der Waals surface area contributed by atoms with Gasteiger partial charge < -0.3 is 4.90 Å². The Bertz CT molecular complexity index is 1120. The van der Waals surface area contributed by atoms with Crippen LogP contribution in [0.5, 0.6) is 0 Å². The Labute approximate surface area is 168 Å². The van der Waals surface area contributed by atoms with E-state index in [0.717, 1.165) is 29.5 Å². The van der Waals surface area contributed by atoms with Crippen molar-refractivity contribution in [1.82, 2.24) is 4.90 Å². The Kier molecular flexibility index (Phi) is 4.16. The van der Waals surface area contributed by atoms with E-state index in [2.05, 4.69) is 0 Å². The molecular formula is C24H20N2O3. The number of benzene rings is 3. The first kappa shape index (κ1) is 17.6. The van der Waals surface area contributed by atoms with Crippen LogP contribution in [0, 0.1) is 0 Å². The molecule has 0 radical (unpaired) electrons. The van der Waals surface area contributed by atoms with Crippen LogP contribution in [0.25, 0.3) is 10.8 Å². The minimum absolute atomic E-state index is 0.0604. The summed E-state index contributed by atoms with van der Waals surface area (Å²) in [6, 6.07) is 18.9. The predicted molar refractivity (Wildman–Crippen MR) is 111 cm³/mol. The van der Waals surface area contributed by atoms with E-state index in [4.69, 9.17) is 0 Å². The van der Waals surface area contributed by atoms with E-state index in [1.807, 2.05) is 48.5 Å². The van der Waals surface area contributed by atoms with Gasteiger partial charge in [0.05, 0.1) is 0 Å². The third kappa shape index (κ3) is 2.81. The lowest BCUT2D eigenvalue weighted by atomic mass is 9.94. The van der Waals surface area contributed by atoms with Gasteiger partial charge in [-0.05, 0) is 42.0 Å². The summed E-state index contributed by atoms with van der Waals surface area (Å²) in [5, 5.41) is 1.58. The van der Waals surface area contributed by atoms with E-state index in [9.17, 15) is 14.4 Å². The van der Waals surface area contributed by atoms with Gasteiger partial charge >= 0.3 is 0 Å². The summed E-state index contributed by atoms with van der Waals surface area (Å²) in [5.74, 6) is -0.716. The summed E-state index contributed by atoms with van der Waals surface area (Å²) >= 11 is 0. The maximum absolute atomic E-state index is 13.0. The first-order valence-corrected chi connectivity index (χ1v) is 9.91. The molecule has 0 unspecified atom stereocenters. The molecule has 0 spiro atoms. The molecule has 0 atom stereocenters. The largest absolute Gasteiger partial charge is 0.312 e. The summed E-state index contributed by atoms with van der Waals surface area (Å²) in [6.07, 6.45) is 1.99. The lowest BCUT2D eigenvalue weighted by molar-refractivity contribution is -0.118. The van der Waals surface area contributed by atoms with Crippen molar-refractivity contribution in [2.75, 3.05) is 18.0 Å². The van der Waals surface area contributed by atoms with Gasteiger partial charge in [0.1, 0.15) is 0 Å². The minimum Gasteiger partial charge on any atom is -0.312 e. The summed E-state index contributed by atoms with van der Waals surface area (Å²) in [7, 11) is 0. The van der Waals surface area contributed by atoms with Crippen molar-refractivity contribution in [2.24, 2.45) is 0 Å². The van der Waals surface area contributed by atoms with Crippen LogP contribution in [-0.4, -0.2) is 35.7 Å². The standard InChI is InChI=1S/C24H20N2O3/c27-21(25-14-5-9-16-6-1-2-12-20(16)25)13-15-26-23(28)18-10-3-7-17-8-4-11-19(22(17)18)24(26)29/h1-4,6-8,10-12H,5,9,13-15H2. The van der Waals surface area contributed by atoms with Crippen molar-refractivity contribution in [3.63, 3.8) is 0 Å². The van der Waals surface area contributed by atoms with Crippen LogP contribution in [-0.2, 0) is 11.2 Å². The van der Waals surface area contributed by atoms with Gasteiger partial charge in [-0.1, -0.05) is 42.5 Å². The molecule has 3 aromatic carbocycles. The lowest BCUT2D eigenvalue weighted by Crippen LogP contribution is -2.43. The SMILES string of the molecule is O=C1c2cccc3cccc(c23)C(=O)N1CCC(=O)N1CCCc2ccccc21. The van der Waals surface area contributed by atoms with Gasteiger partial charge in [-0.25, -0.2) is 0 Å². The Morgan fingerprint density at radius 2 is 1.55 bits per heavy atom. The Hall–Kier alpha value is -3.47. The molecule has 2 aliphatic heterocycles. The molecule has 0 aromatic heterocycles. The number of carbonyl (C=O) groups excluding carboxylic acids is 3. The molecule has 0 aliphatic carbocycles. The summed E-state index contributed by atoms with van der Waals surface area (Å²) < 4.78 is 0. The Balaban J connectivity index is 1.39. The molecule has 3 aromatic rings. The second-order valence-electron chi connectivity index (χ2n) is 7.50. The highest BCUT2D eigenvalue weighted by Gasteiger charge is 2.33. The number of para-hydroxylation sites is 1. The smallest absolute Gasteiger partial charge is 0.261 e. The van der Waals surface area contributed by atoms with Crippen LogP contribution in [0.4, 0.5) is 5.69 Å². The molecule has 144 valence electrons. The molecule has 5 rings (SSSR count). The second-order valence-corrected chi connectivity index (χ2v) is 7.50. The fraction of sp³-hybridized carbons (Fsp3) is 0.208. The zero-order valence-corrected chi connectivity index (χ0v) is 15.9. The number of amides is 3. The molecule has 5 nitrogen and oxygen atoms in total. The molecule has 0 saturated heterocycles. The molecule has 0 fully saturated rings. The minimum atomic E-state index is -0.328. The van der Waals surface area contributed by atoms with Crippen LogP contribution in [0.15, 0.2) is 60.7 Å². The normalized spacial score (nSPS) is 15.6. The van der Waals surface area contributed by atoms with Gasteiger partial charge in [-0.3, -0.25) is 19.3 Å². The highest BCUT2D eigenvalue weighted by atomic mass is 16.2. The van der Waals surface area contributed by atoms with E-state index >= 15 is 0 Å². The van der Waals surface area contributed by atoms with Gasteiger partial charge in [0, 0.05) is 41.7 Å². The fourth-order valence-electron chi connectivity index (χ4n) is 4.42. The van der Waals surface area contributed by atoms with Gasteiger partial charge in [0.2, 0.25) is 5.91 Å². The van der Waals surface area contributed by atoms with E-state index in [-0.39, 0.29) is 30.7 Å². The van der Waals surface area contributed by atoms with Crippen molar-refractivity contribution < 1.29 is 14.4 Å². The van der Waals surface area contributed by atoms with Crippen LogP contribution >= 0.6 is 0 Å². The van der Waals surface area contributed by atoms with Gasteiger partial charge in [-0.15, -0.1) is 0 Å². The molecule has 0 bridgehead atoms. The maximum Gasteiger partial charge on any atom is 0.261 e. The number of carbonyl (C=O) groups is 3. The molecule has 5 heteroatoms. The van der Waals surface area contributed by atoms with Crippen molar-refractivity contribution >= 4 is 34.2 Å². The van der Waals surface area contributed by atoms with Crippen molar-refractivity contribution in [2.45, 2.75) is 19.3 Å². The number of fused-ring (bicyclic) bond motifs is 1. The van der Waals surface area contributed by atoms with Gasteiger partial charge in [0.25, 0.3) is 11.8 Å². The van der Waals surface area contributed by atoms with Crippen LogP contribution in [0.1, 0.15) is 39.1 Å². The first-order chi connectivity index (χ1) is 14.1. The number of hydrogen-bond donors (Lipinski definition) is 0. The third-order valence-electron chi connectivity index (χ3n) is 5.82. The zero-order chi connectivity index (χ0) is 20.0. The van der Waals surface area contributed by atoms with Gasteiger partial charge in [0.15, 0.2) is 0 Å². The Morgan fingerprint density at radius 1 is 0.862 bits per heavy atom. The second kappa shape index (κ2) is 6.85.